The van der Waals surface area contributed by atoms with Gasteiger partial charge in [0.15, 0.2) is 0 Å². The van der Waals surface area contributed by atoms with Crippen molar-refractivity contribution in [3.8, 4) is 11.5 Å². The predicted molar refractivity (Wildman–Crippen MR) is 96.7 cm³/mol. The summed E-state index contributed by atoms with van der Waals surface area (Å²) in [7, 11) is 1.64. The summed E-state index contributed by atoms with van der Waals surface area (Å²) in [5.41, 5.74) is 4.20. The first-order valence-corrected chi connectivity index (χ1v) is 8.14. The van der Waals surface area contributed by atoms with E-state index in [9.17, 15) is 5.11 Å². The van der Waals surface area contributed by atoms with Gasteiger partial charge in [0.2, 0.25) is 0 Å². The van der Waals surface area contributed by atoms with Crippen LogP contribution in [0.25, 0.3) is 0 Å². The lowest BCUT2D eigenvalue weighted by Crippen LogP contribution is -1.97. The number of phenolic OH excluding ortho intramolecular Hbond substituents is 1. The maximum absolute atomic E-state index is 10.3. The summed E-state index contributed by atoms with van der Waals surface area (Å²) in [4.78, 5) is 0. The number of rotatable bonds is 6. The Morgan fingerprint density at radius 1 is 1.17 bits per heavy atom. The van der Waals surface area contributed by atoms with Crippen LogP contribution < -0.4 is 4.74 Å². The second kappa shape index (κ2) is 8.07. The summed E-state index contributed by atoms with van der Waals surface area (Å²) < 4.78 is 5.46. The number of ether oxygens (including phenoxy) is 1. The molecule has 0 saturated heterocycles. The zero-order chi connectivity index (χ0) is 16.8. The number of hydrogen-bond donors (Lipinski definition) is 1. The molecular weight excluding hydrogens is 308 g/mol. The molecule has 0 aliphatic carbocycles. The normalized spacial score (nSPS) is 10.4. The standard InChI is InChI=1S/C20H23ClO2/c1-14(2)8-11-17-19(22)12-15(13-20(17)23-3)9-10-16-6-4-5-7-18(16)21/h4-8,12-13,22H,9-11H2,1-3H3. The summed E-state index contributed by atoms with van der Waals surface area (Å²) in [6, 6.07) is 11.7. The van der Waals surface area contributed by atoms with Gasteiger partial charge in [-0.25, -0.2) is 0 Å². The maximum Gasteiger partial charge on any atom is 0.126 e. The van der Waals surface area contributed by atoms with Crippen LogP contribution in [0.4, 0.5) is 0 Å². The molecule has 0 saturated carbocycles. The van der Waals surface area contributed by atoms with Crippen LogP contribution in [0.15, 0.2) is 48.0 Å². The van der Waals surface area contributed by atoms with Gasteiger partial charge < -0.3 is 9.84 Å². The van der Waals surface area contributed by atoms with E-state index in [0.29, 0.717) is 6.42 Å². The Balaban J connectivity index is 2.19. The van der Waals surface area contributed by atoms with Gasteiger partial charge in [-0.1, -0.05) is 41.4 Å². The highest BCUT2D eigenvalue weighted by Crippen LogP contribution is 2.31. The first-order chi connectivity index (χ1) is 11.0. The van der Waals surface area contributed by atoms with Crippen LogP contribution in [0.3, 0.4) is 0 Å². The molecule has 23 heavy (non-hydrogen) atoms. The van der Waals surface area contributed by atoms with Gasteiger partial charge in [-0.3, -0.25) is 0 Å². The maximum atomic E-state index is 10.3. The lowest BCUT2D eigenvalue weighted by Gasteiger charge is -2.12. The van der Waals surface area contributed by atoms with Gasteiger partial charge in [-0.05, 0) is 62.4 Å². The molecule has 122 valence electrons. The summed E-state index contributed by atoms with van der Waals surface area (Å²) in [6.45, 7) is 4.09. The Kier molecular flexibility index (Phi) is 6.12. The van der Waals surface area contributed by atoms with Crippen molar-refractivity contribution >= 4 is 11.6 Å². The van der Waals surface area contributed by atoms with Crippen LogP contribution in [0.2, 0.25) is 5.02 Å². The minimum absolute atomic E-state index is 0.288. The van der Waals surface area contributed by atoms with E-state index in [-0.39, 0.29) is 5.75 Å². The molecule has 0 amide bonds. The predicted octanol–water partition coefficient (Wildman–Crippen LogP) is 5.35. The molecule has 3 heteroatoms. The van der Waals surface area contributed by atoms with Crippen molar-refractivity contribution in [1.29, 1.82) is 0 Å². The first-order valence-electron chi connectivity index (χ1n) is 7.76. The van der Waals surface area contributed by atoms with E-state index in [1.54, 1.807) is 7.11 Å². The molecule has 0 bridgehead atoms. The van der Waals surface area contributed by atoms with Gasteiger partial charge in [0.05, 0.1) is 7.11 Å². The number of hydrogen-bond acceptors (Lipinski definition) is 2. The van der Waals surface area contributed by atoms with E-state index in [2.05, 4.69) is 6.08 Å². The van der Waals surface area contributed by atoms with Crippen molar-refractivity contribution in [2.45, 2.75) is 33.1 Å². The fourth-order valence-electron chi connectivity index (χ4n) is 2.50. The molecule has 2 aromatic carbocycles. The Morgan fingerprint density at radius 3 is 2.57 bits per heavy atom. The van der Waals surface area contributed by atoms with E-state index < -0.39 is 0 Å². The van der Waals surface area contributed by atoms with Crippen molar-refractivity contribution in [3.63, 3.8) is 0 Å². The summed E-state index contributed by atoms with van der Waals surface area (Å²) in [6.07, 6.45) is 4.38. The van der Waals surface area contributed by atoms with Crippen molar-refractivity contribution in [2.24, 2.45) is 0 Å². The van der Waals surface area contributed by atoms with E-state index in [4.69, 9.17) is 16.3 Å². The second-order valence-corrected chi connectivity index (χ2v) is 6.28. The highest BCUT2D eigenvalue weighted by atomic mass is 35.5. The molecule has 2 nitrogen and oxygen atoms in total. The quantitative estimate of drug-likeness (QED) is 0.723. The van der Waals surface area contributed by atoms with Crippen LogP contribution in [-0.2, 0) is 19.3 Å². The van der Waals surface area contributed by atoms with Crippen molar-refractivity contribution in [1.82, 2.24) is 0 Å². The lowest BCUT2D eigenvalue weighted by atomic mass is 10.00. The molecule has 0 aliphatic heterocycles. The van der Waals surface area contributed by atoms with Crippen molar-refractivity contribution in [3.05, 3.63) is 69.8 Å². The summed E-state index contributed by atoms with van der Waals surface area (Å²) in [5, 5.41) is 11.1. The van der Waals surface area contributed by atoms with Gasteiger partial charge >= 0.3 is 0 Å². The molecule has 1 N–H and O–H groups in total. The van der Waals surface area contributed by atoms with Gasteiger partial charge in [-0.15, -0.1) is 0 Å². The van der Waals surface area contributed by atoms with Gasteiger partial charge in [0, 0.05) is 10.6 Å². The second-order valence-electron chi connectivity index (χ2n) is 5.87. The van der Waals surface area contributed by atoms with Crippen LogP contribution in [0.1, 0.15) is 30.5 Å². The molecule has 0 fully saturated rings. The third-order valence-electron chi connectivity index (χ3n) is 3.82. The zero-order valence-corrected chi connectivity index (χ0v) is 14.7. The summed E-state index contributed by atoms with van der Waals surface area (Å²) in [5.74, 6) is 1.02. The number of methoxy groups -OCH3 is 1. The van der Waals surface area contributed by atoms with Crippen LogP contribution >= 0.6 is 11.6 Å². The van der Waals surface area contributed by atoms with Crippen LogP contribution in [0, 0.1) is 0 Å². The van der Waals surface area contributed by atoms with Gasteiger partial charge in [0.25, 0.3) is 0 Å². The Bertz CT molecular complexity index is 701. The van der Waals surface area contributed by atoms with Crippen LogP contribution in [0.5, 0.6) is 11.5 Å². The lowest BCUT2D eigenvalue weighted by molar-refractivity contribution is 0.400. The third-order valence-corrected chi connectivity index (χ3v) is 4.19. The molecule has 0 unspecified atom stereocenters. The minimum Gasteiger partial charge on any atom is -0.508 e. The molecule has 2 aromatic rings. The van der Waals surface area contributed by atoms with E-state index in [1.807, 2.05) is 50.2 Å². The van der Waals surface area contributed by atoms with Gasteiger partial charge in [0.1, 0.15) is 11.5 Å². The third kappa shape index (κ3) is 4.77. The molecule has 0 radical (unpaired) electrons. The number of benzene rings is 2. The van der Waals surface area contributed by atoms with Crippen molar-refractivity contribution < 1.29 is 9.84 Å². The van der Waals surface area contributed by atoms with Gasteiger partial charge in [-0.2, -0.15) is 0 Å². The molecular formula is C20H23ClO2. The largest absolute Gasteiger partial charge is 0.508 e. The SMILES string of the molecule is COc1cc(CCc2ccccc2Cl)cc(O)c1CC=C(C)C. The summed E-state index contributed by atoms with van der Waals surface area (Å²) >= 11 is 6.20. The number of allylic oxidation sites excluding steroid dienone is 2. The van der Waals surface area contributed by atoms with E-state index in [1.165, 1.54) is 5.57 Å². The molecule has 0 spiro atoms. The average Bonchev–Trinajstić information content (AvgIpc) is 2.52. The highest BCUT2D eigenvalue weighted by Gasteiger charge is 2.11. The topological polar surface area (TPSA) is 29.5 Å². The number of aryl methyl sites for hydroxylation is 2. The number of halogens is 1. The smallest absolute Gasteiger partial charge is 0.126 e. The Morgan fingerprint density at radius 2 is 1.91 bits per heavy atom. The fraction of sp³-hybridized carbons (Fsp3) is 0.300. The van der Waals surface area contributed by atoms with Crippen molar-refractivity contribution in [2.75, 3.05) is 7.11 Å². The number of phenols is 1. The minimum atomic E-state index is 0.288. The average molecular weight is 331 g/mol. The number of aromatic hydroxyl groups is 1. The van der Waals surface area contributed by atoms with E-state index in [0.717, 1.165) is 40.3 Å². The van der Waals surface area contributed by atoms with Crippen LogP contribution in [-0.4, -0.2) is 12.2 Å². The monoisotopic (exact) mass is 330 g/mol. The Labute approximate surface area is 143 Å². The molecule has 0 heterocycles. The zero-order valence-electron chi connectivity index (χ0n) is 13.9. The molecule has 0 atom stereocenters. The molecule has 2 rings (SSSR count). The molecule has 0 aliphatic rings. The molecule has 0 aromatic heterocycles. The highest BCUT2D eigenvalue weighted by molar-refractivity contribution is 6.31. The first kappa shape index (κ1) is 17.4. The van der Waals surface area contributed by atoms with E-state index >= 15 is 0 Å². The fourth-order valence-corrected chi connectivity index (χ4v) is 2.73. The Hall–Kier alpha value is -1.93.